The molecule has 3 rings (SSSR count). The molecular formula is C17H18N2O2. The van der Waals surface area contributed by atoms with E-state index in [-0.39, 0.29) is 22.9 Å². The van der Waals surface area contributed by atoms with Gasteiger partial charge in [-0.15, -0.1) is 0 Å². The quantitative estimate of drug-likeness (QED) is 0.936. The zero-order valence-electron chi connectivity index (χ0n) is 12.0. The molecule has 1 fully saturated rings. The molecule has 1 heterocycles. The molecule has 0 unspecified atom stereocenters. The second-order valence-corrected chi connectivity index (χ2v) is 5.54. The van der Waals surface area contributed by atoms with E-state index in [1.54, 1.807) is 6.92 Å². The van der Waals surface area contributed by atoms with E-state index in [0.29, 0.717) is 6.54 Å². The van der Waals surface area contributed by atoms with Crippen molar-refractivity contribution in [3.8, 4) is 0 Å². The fourth-order valence-corrected chi connectivity index (χ4v) is 2.43. The highest BCUT2D eigenvalue weighted by Gasteiger charge is 2.33. The first-order valence-electron chi connectivity index (χ1n) is 7.19. The van der Waals surface area contributed by atoms with Crippen molar-refractivity contribution in [3.05, 3.63) is 69.6 Å². The van der Waals surface area contributed by atoms with Crippen LogP contribution in [-0.4, -0.2) is 21.8 Å². The van der Waals surface area contributed by atoms with Crippen molar-refractivity contribution >= 4 is 5.91 Å². The second kappa shape index (κ2) is 5.56. The maximum atomic E-state index is 12.7. The monoisotopic (exact) mass is 282 g/mol. The van der Waals surface area contributed by atoms with Crippen LogP contribution in [0.25, 0.3) is 0 Å². The van der Waals surface area contributed by atoms with Crippen LogP contribution >= 0.6 is 0 Å². The predicted octanol–water partition coefficient (Wildman–Crippen LogP) is 2.49. The lowest BCUT2D eigenvalue weighted by molar-refractivity contribution is 0.0728. The molecule has 0 radical (unpaired) electrons. The Morgan fingerprint density at radius 2 is 2.00 bits per heavy atom. The summed E-state index contributed by atoms with van der Waals surface area (Å²) in [6, 6.07) is 11.6. The van der Waals surface area contributed by atoms with E-state index in [1.165, 1.54) is 12.3 Å². The van der Waals surface area contributed by atoms with Crippen LogP contribution in [0.15, 0.2) is 47.4 Å². The summed E-state index contributed by atoms with van der Waals surface area (Å²) in [5.41, 5.74) is 1.86. The molecule has 1 N–H and O–H groups in total. The van der Waals surface area contributed by atoms with E-state index >= 15 is 0 Å². The third-order valence-corrected chi connectivity index (χ3v) is 3.73. The summed E-state index contributed by atoms with van der Waals surface area (Å²) in [5, 5.41) is 0. The molecule has 1 amide bonds. The summed E-state index contributed by atoms with van der Waals surface area (Å²) < 4.78 is 0. The molecule has 0 saturated heterocycles. The Morgan fingerprint density at radius 3 is 2.62 bits per heavy atom. The van der Waals surface area contributed by atoms with Gasteiger partial charge in [0.2, 0.25) is 0 Å². The van der Waals surface area contributed by atoms with Crippen LogP contribution in [0.1, 0.15) is 34.5 Å². The van der Waals surface area contributed by atoms with Crippen LogP contribution in [0.5, 0.6) is 0 Å². The van der Waals surface area contributed by atoms with Crippen LogP contribution in [0.2, 0.25) is 0 Å². The predicted molar refractivity (Wildman–Crippen MR) is 81.1 cm³/mol. The van der Waals surface area contributed by atoms with Crippen molar-refractivity contribution in [2.75, 3.05) is 0 Å². The van der Waals surface area contributed by atoms with Crippen LogP contribution in [0, 0.1) is 6.92 Å². The number of hydrogen-bond donors (Lipinski definition) is 1. The van der Waals surface area contributed by atoms with Gasteiger partial charge in [0.25, 0.3) is 5.91 Å². The molecule has 0 aliphatic heterocycles. The van der Waals surface area contributed by atoms with Crippen molar-refractivity contribution in [2.24, 2.45) is 0 Å². The highest BCUT2D eigenvalue weighted by atomic mass is 16.2. The lowest BCUT2D eigenvalue weighted by Gasteiger charge is -2.22. The SMILES string of the molecule is Cc1cc(=O)c(C(=O)N(Cc2ccccc2)C2CC2)c[nH]1. The molecule has 4 heteroatoms. The number of carbonyl (C=O) groups excluding carboxylic acids is 1. The Kier molecular flexibility index (Phi) is 3.60. The smallest absolute Gasteiger partial charge is 0.259 e. The Bertz CT molecular complexity index is 702. The van der Waals surface area contributed by atoms with Crippen molar-refractivity contribution in [1.29, 1.82) is 0 Å². The van der Waals surface area contributed by atoms with Gasteiger partial charge in [0, 0.05) is 30.5 Å². The number of pyridine rings is 1. The zero-order valence-corrected chi connectivity index (χ0v) is 12.0. The fraction of sp³-hybridized carbons (Fsp3) is 0.294. The number of nitrogens with zero attached hydrogens (tertiary/aromatic N) is 1. The van der Waals surface area contributed by atoms with Gasteiger partial charge in [0.05, 0.1) is 0 Å². The lowest BCUT2D eigenvalue weighted by atomic mass is 10.1. The summed E-state index contributed by atoms with van der Waals surface area (Å²) in [7, 11) is 0. The molecule has 1 saturated carbocycles. The van der Waals surface area contributed by atoms with Gasteiger partial charge in [0.1, 0.15) is 5.56 Å². The van der Waals surface area contributed by atoms with Gasteiger partial charge in [-0.3, -0.25) is 9.59 Å². The number of amides is 1. The Balaban J connectivity index is 1.87. The highest BCUT2D eigenvalue weighted by molar-refractivity contribution is 5.94. The second-order valence-electron chi connectivity index (χ2n) is 5.54. The number of aromatic amines is 1. The van der Waals surface area contributed by atoms with E-state index in [1.807, 2.05) is 35.2 Å². The van der Waals surface area contributed by atoms with Gasteiger partial charge in [-0.1, -0.05) is 30.3 Å². The van der Waals surface area contributed by atoms with Crippen molar-refractivity contribution < 1.29 is 4.79 Å². The molecule has 21 heavy (non-hydrogen) atoms. The topological polar surface area (TPSA) is 53.2 Å². The standard InChI is InChI=1S/C17H18N2O2/c1-12-9-16(20)15(10-18-12)17(21)19(14-7-8-14)11-13-5-3-2-4-6-13/h2-6,9-10,14H,7-8,11H2,1H3,(H,18,20). The lowest BCUT2D eigenvalue weighted by Crippen LogP contribution is -2.35. The van der Waals surface area contributed by atoms with E-state index < -0.39 is 0 Å². The first kappa shape index (κ1) is 13.6. The van der Waals surface area contributed by atoms with Gasteiger partial charge >= 0.3 is 0 Å². The number of rotatable bonds is 4. The largest absolute Gasteiger partial charge is 0.364 e. The van der Waals surface area contributed by atoms with Crippen molar-refractivity contribution in [3.63, 3.8) is 0 Å². The van der Waals surface area contributed by atoms with Crippen molar-refractivity contribution in [1.82, 2.24) is 9.88 Å². The van der Waals surface area contributed by atoms with E-state index in [0.717, 1.165) is 24.1 Å². The molecule has 1 aliphatic carbocycles. The third kappa shape index (κ3) is 3.05. The van der Waals surface area contributed by atoms with Crippen LogP contribution in [0.3, 0.4) is 0 Å². The molecule has 108 valence electrons. The summed E-state index contributed by atoms with van der Waals surface area (Å²) in [6.45, 7) is 2.36. The molecule has 2 aromatic rings. The van der Waals surface area contributed by atoms with Gasteiger partial charge in [-0.25, -0.2) is 0 Å². The average Bonchev–Trinajstić information content (AvgIpc) is 3.30. The molecule has 0 bridgehead atoms. The summed E-state index contributed by atoms with van der Waals surface area (Å²) in [4.78, 5) is 29.4. The summed E-state index contributed by atoms with van der Waals surface area (Å²) >= 11 is 0. The number of H-pyrrole nitrogens is 1. The summed E-state index contributed by atoms with van der Waals surface area (Å²) in [5.74, 6) is -0.178. The Labute approximate surface area is 123 Å². The van der Waals surface area contributed by atoms with E-state index in [2.05, 4.69) is 4.98 Å². The first-order valence-corrected chi connectivity index (χ1v) is 7.19. The minimum atomic E-state index is -0.213. The maximum absolute atomic E-state index is 12.7. The first-order chi connectivity index (χ1) is 10.1. The molecule has 4 nitrogen and oxygen atoms in total. The number of aromatic nitrogens is 1. The summed E-state index contributed by atoms with van der Waals surface area (Å²) in [6.07, 6.45) is 3.56. The minimum absolute atomic E-state index is 0.178. The number of carbonyl (C=O) groups is 1. The minimum Gasteiger partial charge on any atom is -0.364 e. The van der Waals surface area contributed by atoms with Crippen LogP contribution in [-0.2, 0) is 6.54 Å². The number of aryl methyl sites for hydroxylation is 1. The molecule has 1 aromatic carbocycles. The Hall–Kier alpha value is -2.36. The highest BCUT2D eigenvalue weighted by Crippen LogP contribution is 2.29. The van der Waals surface area contributed by atoms with Crippen LogP contribution < -0.4 is 5.43 Å². The molecule has 0 atom stereocenters. The number of hydrogen-bond acceptors (Lipinski definition) is 2. The normalized spacial score (nSPS) is 14.0. The van der Waals surface area contributed by atoms with Crippen LogP contribution in [0.4, 0.5) is 0 Å². The molecular weight excluding hydrogens is 264 g/mol. The number of nitrogens with one attached hydrogen (secondary N) is 1. The van der Waals surface area contributed by atoms with Gasteiger partial charge in [0.15, 0.2) is 5.43 Å². The third-order valence-electron chi connectivity index (χ3n) is 3.73. The van der Waals surface area contributed by atoms with Gasteiger partial charge in [-0.05, 0) is 25.3 Å². The van der Waals surface area contributed by atoms with Crippen molar-refractivity contribution in [2.45, 2.75) is 32.4 Å². The van der Waals surface area contributed by atoms with E-state index in [4.69, 9.17) is 0 Å². The maximum Gasteiger partial charge on any atom is 0.259 e. The van der Waals surface area contributed by atoms with E-state index in [9.17, 15) is 9.59 Å². The number of benzene rings is 1. The van der Waals surface area contributed by atoms with Gasteiger partial charge < -0.3 is 9.88 Å². The fourth-order valence-electron chi connectivity index (χ4n) is 2.43. The zero-order chi connectivity index (χ0) is 14.8. The molecule has 1 aromatic heterocycles. The van der Waals surface area contributed by atoms with Gasteiger partial charge in [-0.2, -0.15) is 0 Å². The average molecular weight is 282 g/mol. The molecule has 0 spiro atoms. The Morgan fingerprint density at radius 1 is 1.29 bits per heavy atom. The molecule has 1 aliphatic rings.